The highest BCUT2D eigenvalue weighted by Gasteiger charge is 2.54. The normalized spacial score (nSPS) is 19.4. The van der Waals surface area contributed by atoms with Crippen LogP contribution in [0.25, 0.3) is 10.9 Å². The number of carboxylic acid groups (broad SMARTS) is 1. The Bertz CT molecular complexity index is 1550. The Labute approximate surface area is 252 Å². The average Bonchev–Trinajstić information content (AvgIpc) is 3.48. The summed E-state index contributed by atoms with van der Waals surface area (Å²) in [6, 6.07) is 24.8. The predicted octanol–water partition coefficient (Wildman–Crippen LogP) is 5.98. The molecule has 3 unspecified atom stereocenters. The monoisotopic (exact) mass is 584 g/mol. The fraction of sp³-hybridized carbons (Fsp3) is 0.353. The number of aliphatic carboxylic acids is 1. The molecule has 5 atom stereocenters. The number of hydrogen-bond donors (Lipinski definition) is 4. The fourth-order valence-corrected chi connectivity index (χ4v) is 5.48. The third-order valence-electron chi connectivity index (χ3n) is 7.56. The van der Waals surface area contributed by atoms with Gasteiger partial charge in [-0.3, -0.25) is 4.79 Å². The zero-order chi connectivity index (χ0) is 30.6. The van der Waals surface area contributed by atoms with Crippen molar-refractivity contribution in [3.8, 4) is 5.75 Å². The molecule has 0 saturated carbocycles. The third kappa shape index (κ3) is 7.74. The molecule has 0 radical (unpaired) electrons. The minimum atomic E-state index is -0.916. The SMILES string of the molecule is CC(CC(NC(=O)OC(C)(C)C)NN1[C@H](C(=O)O)[C@@H]1Cc1c[nH]c2ccccc12)c1ccccc1OCc1ccccc1. The Morgan fingerprint density at radius 2 is 1.70 bits per heavy atom. The molecule has 1 aromatic heterocycles. The van der Waals surface area contributed by atoms with Gasteiger partial charge in [0.15, 0.2) is 0 Å². The Hall–Kier alpha value is -4.34. The smallest absolute Gasteiger partial charge is 0.408 e. The van der Waals surface area contributed by atoms with Crippen molar-refractivity contribution >= 4 is 23.0 Å². The number of aromatic amines is 1. The first-order valence-electron chi connectivity index (χ1n) is 14.7. The van der Waals surface area contributed by atoms with E-state index in [0.29, 0.717) is 19.4 Å². The molecule has 1 fully saturated rings. The maximum atomic E-state index is 12.9. The number of aromatic nitrogens is 1. The summed E-state index contributed by atoms with van der Waals surface area (Å²) >= 11 is 0. The van der Waals surface area contributed by atoms with E-state index in [0.717, 1.165) is 33.3 Å². The largest absolute Gasteiger partial charge is 0.489 e. The zero-order valence-electron chi connectivity index (χ0n) is 25.0. The van der Waals surface area contributed by atoms with Crippen molar-refractivity contribution in [2.45, 2.75) is 76.9 Å². The Morgan fingerprint density at radius 1 is 1.00 bits per heavy atom. The first kappa shape index (κ1) is 30.1. The number of para-hydroxylation sites is 2. The highest BCUT2D eigenvalue weighted by molar-refractivity contribution is 5.84. The number of carbonyl (C=O) groups is 2. The minimum Gasteiger partial charge on any atom is -0.489 e. The second kappa shape index (κ2) is 12.9. The van der Waals surface area contributed by atoms with E-state index in [1.165, 1.54) is 0 Å². The molecule has 43 heavy (non-hydrogen) atoms. The van der Waals surface area contributed by atoms with E-state index in [1.54, 1.807) is 25.8 Å². The van der Waals surface area contributed by atoms with Crippen LogP contribution in [0.15, 0.2) is 85.1 Å². The number of carbonyl (C=O) groups excluding carboxylic acids is 1. The minimum absolute atomic E-state index is 0.0466. The van der Waals surface area contributed by atoms with E-state index in [-0.39, 0.29) is 12.0 Å². The summed E-state index contributed by atoms with van der Waals surface area (Å²) in [6.07, 6.45) is 1.77. The van der Waals surface area contributed by atoms with Gasteiger partial charge in [-0.05, 0) is 68.4 Å². The Kier molecular flexibility index (Phi) is 9.03. The first-order valence-corrected chi connectivity index (χ1v) is 14.7. The number of rotatable bonds is 12. The van der Waals surface area contributed by atoms with Crippen molar-refractivity contribution in [1.82, 2.24) is 20.7 Å². The topological polar surface area (TPSA) is 116 Å². The van der Waals surface area contributed by atoms with E-state index >= 15 is 0 Å². The van der Waals surface area contributed by atoms with Crippen molar-refractivity contribution in [3.05, 3.63) is 102 Å². The lowest BCUT2D eigenvalue weighted by atomic mass is 9.95. The number of hydrogen-bond acceptors (Lipinski definition) is 6. The summed E-state index contributed by atoms with van der Waals surface area (Å²) in [5, 5.41) is 15.7. The van der Waals surface area contributed by atoms with E-state index in [4.69, 9.17) is 9.47 Å². The summed E-state index contributed by atoms with van der Waals surface area (Å²) in [4.78, 5) is 28.4. The summed E-state index contributed by atoms with van der Waals surface area (Å²) in [5.41, 5.74) is 6.75. The summed E-state index contributed by atoms with van der Waals surface area (Å²) in [5.74, 6) is -0.196. The number of carboxylic acids is 1. The number of hydrazine groups is 1. The number of benzene rings is 3. The molecule has 9 nitrogen and oxygen atoms in total. The van der Waals surface area contributed by atoms with Crippen LogP contribution >= 0.6 is 0 Å². The number of fused-ring (bicyclic) bond motifs is 1. The van der Waals surface area contributed by atoms with Crippen LogP contribution in [0.3, 0.4) is 0 Å². The van der Waals surface area contributed by atoms with Gasteiger partial charge in [0, 0.05) is 17.1 Å². The molecule has 1 aliphatic rings. The van der Waals surface area contributed by atoms with Gasteiger partial charge in [-0.15, -0.1) is 0 Å². The molecule has 1 saturated heterocycles. The molecule has 4 aromatic rings. The van der Waals surface area contributed by atoms with Gasteiger partial charge in [-0.25, -0.2) is 15.2 Å². The second-order valence-electron chi connectivity index (χ2n) is 12.1. The number of nitrogens with one attached hydrogen (secondary N) is 3. The quantitative estimate of drug-likeness (QED) is 0.120. The molecule has 2 heterocycles. The predicted molar refractivity (Wildman–Crippen MR) is 166 cm³/mol. The Morgan fingerprint density at radius 3 is 2.44 bits per heavy atom. The van der Waals surface area contributed by atoms with Crippen molar-refractivity contribution in [2.24, 2.45) is 0 Å². The average molecular weight is 585 g/mol. The van der Waals surface area contributed by atoms with Gasteiger partial charge < -0.3 is 24.9 Å². The molecule has 1 aliphatic heterocycles. The first-order chi connectivity index (χ1) is 20.6. The van der Waals surface area contributed by atoms with Gasteiger partial charge in [0.1, 0.15) is 24.0 Å². The molecule has 3 aromatic carbocycles. The van der Waals surface area contributed by atoms with E-state index in [9.17, 15) is 14.7 Å². The van der Waals surface area contributed by atoms with Crippen molar-refractivity contribution in [1.29, 1.82) is 0 Å². The number of ether oxygens (including phenoxy) is 2. The lowest BCUT2D eigenvalue weighted by molar-refractivity contribution is -0.137. The standard InChI is InChI=1S/C34H40N4O5/c1-22(25-14-9-11-17-29(25)42-21-23-12-6-5-7-13-23)18-30(36-33(41)43-34(2,3)4)37-38-28(31(38)32(39)40)19-24-20-35-27-16-10-8-15-26(24)27/h5-17,20,22,28,30-31,35,37H,18-19,21H2,1-4H3,(H,36,41)(H,39,40)/t22?,28-,30?,31-,38?/m0/s1. The second-order valence-corrected chi connectivity index (χ2v) is 12.1. The van der Waals surface area contributed by atoms with Gasteiger partial charge >= 0.3 is 12.1 Å². The van der Waals surface area contributed by atoms with Crippen LogP contribution in [0.1, 0.15) is 56.7 Å². The van der Waals surface area contributed by atoms with E-state index in [1.807, 2.05) is 85.1 Å². The maximum Gasteiger partial charge on any atom is 0.408 e. The van der Waals surface area contributed by atoms with Gasteiger partial charge in [-0.1, -0.05) is 73.7 Å². The molecular weight excluding hydrogens is 544 g/mol. The van der Waals surface area contributed by atoms with Crippen molar-refractivity contribution in [3.63, 3.8) is 0 Å². The molecule has 0 aliphatic carbocycles. The zero-order valence-corrected chi connectivity index (χ0v) is 25.0. The summed E-state index contributed by atoms with van der Waals surface area (Å²) in [7, 11) is 0. The van der Waals surface area contributed by atoms with Gasteiger partial charge in [0.2, 0.25) is 0 Å². The summed E-state index contributed by atoms with van der Waals surface area (Å²) < 4.78 is 11.8. The maximum absolute atomic E-state index is 12.9. The molecule has 1 amide bonds. The number of H-pyrrole nitrogens is 1. The van der Waals surface area contributed by atoms with Crippen LogP contribution < -0.4 is 15.5 Å². The van der Waals surface area contributed by atoms with Crippen molar-refractivity contribution < 1.29 is 24.2 Å². The molecule has 226 valence electrons. The van der Waals surface area contributed by atoms with Crippen LogP contribution in [-0.2, 0) is 22.6 Å². The van der Waals surface area contributed by atoms with Gasteiger partial charge in [0.05, 0.1) is 12.2 Å². The lowest BCUT2D eigenvalue weighted by Crippen LogP contribution is -2.50. The highest BCUT2D eigenvalue weighted by Crippen LogP contribution is 2.34. The summed E-state index contributed by atoms with van der Waals surface area (Å²) in [6.45, 7) is 7.92. The third-order valence-corrected chi connectivity index (χ3v) is 7.56. The molecule has 0 spiro atoms. The molecule has 5 rings (SSSR count). The molecule has 0 bridgehead atoms. The fourth-order valence-electron chi connectivity index (χ4n) is 5.48. The van der Waals surface area contributed by atoms with Gasteiger partial charge in [0.25, 0.3) is 0 Å². The van der Waals surface area contributed by atoms with Crippen molar-refractivity contribution in [2.75, 3.05) is 0 Å². The van der Waals surface area contributed by atoms with Crippen LogP contribution in [0.2, 0.25) is 0 Å². The van der Waals surface area contributed by atoms with Crippen LogP contribution in [0, 0.1) is 0 Å². The number of nitrogens with zero attached hydrogens (tertiary/aromatic N) is 1. The van der Waals surface area contributed by atoms with E-state index in [2.05, 4.69) is 22.7 Å². The lowest BCUT2D eigenvalue weighted by Gasteiger charge is -2.27. The highest BCUT2D eigenvalue weighted by atomic mass is 16.6. The van der Waals surface area contributed by atoms with Crippen LogP contribution in [0.5, 0.6) is 5.75 Å². The number of amides is 1. The Balaban J connectivity index is 1.32. The molecular formula is C34H40N4O5. The molecule has 4 N–H and O–H groups in total. The van der Waals surface area contributed by atoms with Gasteiger partial charge in [-0.2, -0.15) is 0 Å². The van der Waals surface area contributed by atoms with Crippen LogP contribution in [-0.4, -0.2) is 51.0 Å². The van der Waals surface area contributed by atoms with Crippen LogP contribution in [0.4, 0.5) is 4.79 Å². The molecule has 9 heteroatoms. The van der Waals surface area contributed by atoms with E-state index < -0.39 is 29.9 Å². The number of alkyl carbamates (subject to hydrolysis) is 1.